The normalized spacial score (nSPS) is 10.3. The molecule has 0 unspecified atom stereocenters. The summed E-state index contributed by atoms with van der Waals surface area (Å²) in [4.78, 5) is 34.8. The lowest BCUT2D eigenvalue weighted by atomic mass is 10.1. The molecule has 2 amide bonds. The van der Waals surface area contributed by atoms with Crippen LogP contribution >= 0.6 is 0 Å². The van der Waals surface area contributed by atoms with E-state index in [2.05, 4.69) is 15.3 Å². The number of rotatable bonds is 7. The molecule has 0 atom stereocenters. The molecule has 6 heteroatoms. The van der Waals surface area contributed by atoms with Gasteiger partial charge in [0, 0.05) is 44.3 Å². The smallest absolute Gasteiger partial charge is 0.272 e. The number of nitrogens with zero attached hydrogens (tertiary/aromatic N) is 3. The Labute approximate surface area is 164 Å². The molecule has 0 aliphatic rings. The number of carbonyl (C=O) groups excluding carboxylic acids is 2. The Balaban J connectivity index is 1.59. The third-order valence-corrected chi connectivity index (χ3v) is 4.37. The van der Waals surface area contributed by atoms with Gasteiger partial charge < -0.3 is 10.2 Å². The van der Waals surface area contributed by atoms with E-state index in [0.717, 1.165) is 17.5 Å². The molecule has 2 heterocycles. The first kappa shape index (κ1) is 19.2. The fourth-order valence-corrected chi connectivity index (χ4v) is 2.71. The van der Waals surface area contributed by atoms with Gasteiger partial charge in [0.25, 0.3) is 11.8 Å². The van der Waals surface area contributed by atoms with Crippen molar-refractivity contribution < 1.29 is 9.59 Å². The molecular formula is C22H22N4O2. The Morgan fingerprint density at radius 3 is 2.46 bits per heavy atom. The van der Waals surface area contributed by atoms with Crippen molar-refractivity contribution >= 4 is 11.8 Å². The number of hydrogen-bond donors (Lipinski definition) is 1. The highest BCUT2D eigenvalue weighted by atomic mass is 16.2. The molecule has 3 aromatic rings. The molecule has 0 fully saturated rings. The number of benzene rings is 1. The first-order chi connectivity index (χ1) is 13.6. The van der Waals surface area contributed by atoms with E-state index in [1.807, 2.05) is 42.5 Å². The topological polar surface area (TPSA) is 75.2 Å². The summed E-state index contributed by atoms with van der Waals surface area (Å²) in [6, 6.07) is 16.7. The lowest BCUT2D eigenvalue weighted by molar-refractivity contribution is 0.0791. The fourth-order valence-electron chi connectivity index (χ4n) is 2.71. The summed E-state index contributed by atoms with van der Waals surface area (Å²) < 4.78 is 0. The van der Waals surface area contributed by atoms with Crippen molar-refractivity contribution in [2.24, 2.45) is 0 Å². The first-order valence-corrected chi connectivity index (χ1v) is 9.06. The maximum absolute atomic E-state index is 12.6. The molecule has 1 N–H and O–H groups in total. The van der Waals surface area contributed by atoms with Crippen molar-refractivity contribution in [2.45, 2.75) is 13.0 Å². The lowest BCUT2D eigenvalue weighted by Crippen LogP contribution is -2.30. The van der Waals surface area contributed by atoms with Crippen molar-refractivity contribution in [1.82, 2.24) is 20.2 Å². The van der Waals surface area contributed by atoms with E-state index in [1.165, 1.54) is 12.3 Å². The Bertz CT molecular complexity index is 930. The number of amides is 2. The van der Waals surface area contributed by atoms with Crippen molar-refractivity contribution in [3.63, 3.8) is 0 Å². The molecule has 1 aromatic carbocycles. The average Bonchev–Trinajstić information content (AvgIpc) is 2.76. The molecule has 0 aliphatic heterocycles. The van der Waals surface area contributed by atoms with Gasteiger partial charge in [0.15, 0.2) is 0 Å². The molecule has 0 spiro atoms. The third kappa shape index (κ3) is 5.23. The van der Waals surface area contributed by atoms with Crippen LogP contribution in [0.1, 0.15) is 32.0 Å². The van der Waals surface area contributed by atoms with Crippen LogP contribution in [0.3, 0.4) is 0 Å². The van der Waals surface area contributed by atoms with E-state index < -0.39 is 0 Å². The molecule has 6 nitrogen and oxygen atoms in total. The van der Waals surface area contributed by atoms with E-state index in [0.29, 0.717) is 18.7 Å². The molecule has 0 saturated carbocycles. The number of likely N-dealkylation sites (N-methyl/N-ethyl adjacent to an activating group) is 1. The fraction of sp³-hybridized carbons (Fsp3) is 0.182. The second-order valence-electron chi connectivity index (χ2n) is 6.43. The van der Waals surface area contributed by atoms with Crippen molar-refractivity contribution in [2.75, 3.05) is 13.6 Å². The largest absolute Gasteiger partial charge is 0.348 e. The van der Waals surface area contributed by atoms with Gasteiger partial charge in [0.2, 0.25) is 0 Å². The molecule has 0 bridgehead atoms. The lowest BCUT2D eigenvalue weighted by Gasteiger charge is -2.17. The van der Waals surface area contributed by atoms with E-state index in [4.69, 9.17) is 0 Å². The van der Waals surface area contributed by atoms with Crippen LogP contribution in [0.2, 0.25) is 0 Å². The molecule has 0 saturated heterocycles. The van der Waals surface area contributed by atoms with Gasteiger partial charge in [-0.25, -0.2) is 0 Å². The quantitative estimate of drug-likeness (QED) is 0.690. The maximum Gasteiger partial charge on any atom is 0.272 e. The van der Waals surface area contributed by atoms with Gasteiger partial charge in [0.05, 0.1) is 0 Å². The first-order valence-electron chi connectivity index (χ1n) is 9.06. The molecule has 28 heavy (non-hydrogen) atoms. The predicted molar refractivity (Wildman–Crippen MR) is 107 cm³/mol. The number of hydrogen-bond acceptors (Lipinski definition) is 4. The van der Waals surface area contributed by atoms with Gasteiger partial charge in [0.1, 0.15) is 5.69 Å². The predicted octanol–water partition coefficient (Wildman–Crippen LogP) is 2.72. The average molecular weight is 374 g/mol. The minimum Gasteiger partial charge on any atom is -0.348 e. The second-order valence-corrected chi connectivity index (χ2v) is 6.43. The molecule has 142 valence electrons. The van der Waals surface area contributed by atoms with Crippen LogP contribution in [0.15, 0.2) is 73.2 Å². The van der Waals surface area contributed by atoms with Gasteiger partial charge in [-0.15, -0.1) is 0 Å². The number of nitrogens with one attached hydrogen (secondary N) is 1. The zero-order chi connectivity index (χ0) is 19.8. The molecule has 2 aromatic heterocycles. The van der Waals surface area contributed by atoms with E-state index in [1.54, 1.807) is 30.4 Å². The summed E-state index contributed by atoms with van der Waals surface area (Å²) in [6.07, 6.45) is 5.68. The third-order valence-electron chi connectivity index (χ3n) is 4.37. The van der Waals surface area contributed by atoms with E-state index in [-0.39, 0.29) is 17.5 Å². The standard InChI is InChI=1S/C22H22N4O2/c1-26(14-10-17-7-11-23-12-8-17)22(28)20-15-19(9-13-24-20)21(27)25-16-18-5-3-2-4-6-18/h2-9,11-13,15H,10,14,16H2,1H3,(H,25,27). The monoisotopic (exact) mass is 374 g/mol. The van der Waals surface area contributed by atoms with Crippen LogP contribution in [-0.2, 0) is 13.0 Å². The minimum absolute atomic E-state index is 0.216. The van der Waals surface area contributed by atoms with Crippen LogP contribution in [0.5, 0.6) is 0 Å². The van der Waals surface area contributed by atoms with E-state index >= 15 is 0 Å². The zero-order valence-corrected chi connectivity index (χ0v) is 15.7. The number of carbonyl (C=O) groups is 2. The van der Waals surface area contributed by atoms with Crippen LogP contribution in [-0.4, -0.2) is 40.3 Å². The van der Waals surface area contributed by atoms with Crippen LogP contribution < -0.4 is 5.32 Å². The van der Waals surface area contributed by atoms with Crippen molar-refractivity contribution in [3.8, 4) is 0 Å². The van der Waals surface area contributed by atoms with E-state index in [9.17, 15) is 9.59 Å². The second kappa shape index (κ2) is 9.41. The van der Waals surface area contributed by atoms with Gasteiger partial charge >= 0.3 is 0 Å². The summed E-state index contributed by atoms with van der Waals surface area (Å²) >= 11 is 0. The zero-order valence-electron chi connectivity index (χ0n) is 15.7. The Morgan fingerprint density at radius 2 is 1.71 bits per heavy atom. The Kier molecular flexibility index (Phi) is 6.46. The maximum atomic E-state index is 12.6. The molecule has 3 rings (SSSR count). The summed E-state index contributed by atoms with van der Waals surface area (Å²) in [7, 11) is 1.73. The SMILES string of the molecule is CN(CCc1ccncc1)C(=O)c1cc(C(=O)NCc2ccccc2)ccn1. The number of aromatic nitrogens is 2. The van der Waals surface area contributed by atoms with Gasteiger partial charge in [-0.05, 0) is 41.8 Å². The van der Waals surface area contributed by atoms with Crippen molar-refractivity contribution in [1.29, 1.82) is 0 Å². The van der Waals surface area contributed by atoms with Crippen LogP contribution in [0.4, 0.5) is 0 Å². The highest BCUT2D eigenvalue weighted by Gasteiger charge is 2.15. The van der Waals surface area contributed by atoms with Crippen molar-refractivity contribution in [3.05, 3.63) is 95.6 Å². The van der Waals surface area contributed by atoms with Gasteiger partial charge in [-0.2, -0.15) is 0 Å². The highest BCUT2D eigenvalue weighted by Crippen LogP contribution is 2.07. The van der Waals surface area contributed by atoms with Crippen LogP contribution in [0, 0.1) is 0 Å². The summed E-state index contributed by atoms with van der Waals surface area (Å²) in [6.45, 7) is 0.978. The summed E-state index contributed by atoms with van der Waals surface area (Å²) in [5.74, 6) is -0.452. The Hall–Kier alpha value is -3.54. The molecule has 0 radical (unpaired) electrons. The highest BCUT2D eigenvalue weighted by molar-refractivity contribution is 5.98. The summed E-state index contributed by atoms with van der Waals surface area (Å²) in [5.41, 5.74) is 2.79. The van der Waals surface area contributed by atoms with Gasteiger partial charge in [-0.3, -0.25) is 19.6 Å². The Morgan fingerprint density at radius 1 is 0.964 bits per heavy atom. The molecular weight excluding hydrogens is 352 g/mol. The van der Waals surface area contributed by atoms with Crippen LogP contribution in [0.25, 0.3) is 0 Å². The number of pyridine rings is 2. The minimum atomic E-state index is -0.236. The van der Waals surface area contributed by atoms with Gasteiger partial charge in [-0.1, -0.05) is 30.3 Å². The molecule has 0 aliphatic carbocycles. The summed E-state index contributed by atoms with van der Waals surface area (Å²) in [5, 5.41) is 2.86.